The molecular formula is C47H64N10O8. The largest absolute Gasteiger partial charge is 0.361 e. The Labute approximate surface area is 379 Å². The molecule has 0 spiro atoms. The zero-order chi connectivity index (χ0) is 46.3. The first-order valence-electron chi connectivity index (χ1n) is 23.0. The molecule has 6 rings (SSSR count). The Morgan fingerprint density at radius 2 is 1.49 bits per heavy atom. The minimum absolute atomic E-state index is 0.0474. The summed E-state index contributed by atoms with van der Waals surface area (Å²) in [5.41, 5.74) is 7.66. The van der Waals surface area contributed by atoms with Crippen LogP contribution in [0, 0.1) is 5.92 Å². The van der Waals surface area contributed by atoms with Crippen molar-refractivity contribution in [3.8, 4) is 0 Å². The van der Waals surface area contributed by atoms with E-state index in [4.69, 9.17) is 5.73 Å². The number of hydrogen-bond acceptors (Lipinski definition) is 8. The van der Waals surface area contributed by atoms with Crippen LogP contribution in [0.3, 0.4) is 0 Å². The van der Waals surface area contributed by atoms with Gasteiger partial charge in [0.25, 0.3) is 0 Å². The Kier molecular flexibility index (Phi) is 17.3. The van der Waals surface area contributed by atoms with Gasteiger partial charge in [-0.2, -0.15) is 0 Å². The summed E-state index contributed by atoms with van der Waals surface area (Å²) in [5, 5.41) is 20.6. The number of urea groups is 1. The van der Waals surface area contributed by atoms with Crippen molar-refractivity contribution in [1.29, 1.82) is 0 Å². The number of nitrogens with one attached hydrogen (secondary N) is 8. The van der Waals surface area contributed by atoms with Gasteiger partial charge in [0, 0.05) is 56.5 Å². The molecule has 9 amide bonds. The summed E-state index contributed by atoms with van der Waals surface area (Å²) in [4.78, 5) is 114. The van der Waals surface area contributed by atoms with Crippen LogP contribution in [0.4, 0.5) is 4.79 Å². The van der Waals surface area contributed by atoms with Crippen molar-refractivity contribution < 1.29 is 38.4 Å². The summed E-state index contributed by atoms with van der Waals surface area (Å²) in [5.74, 6) is -3.61. The van der Waals surface area contributed by atoms with Crippen molar-refractivity contribution in [1.82, 2.24) is 47.1 Å². The van der Waals surface area contributed by atoms with Gasteiger partial charge in [-0.3, -0.25) is 33.6 Å². The molecule has 3 aromatic rings. The molecule has 2 aliphatic heterocycles. The molecule has 350 valence electrons. The van der Waals surface area contributed by atoms with E-state index < -0.39 is 83.6 Å². The molecule has 1 aliphatic carbocycles. The highest BCUT2D eigenvalue weighted by molar-refractivity contribution is 5.98. The fraction of sp³-hybridized carbons (Fsp3) is 0.532. The summed E-state index contributed by atoms with van der Waals surface area (Å²) >= 11 is 0. The number of rotatable bonds is 13. The first-order chi connectivity index (χ1) is 31.4. The lowest BCUT2D eigenvalue weighted by Crippen LogP contribution is -2.60. The van der Waals surface area contributed by atoms with Crippen molar-refractivity contribution >= 4 is 58.3 Å². The van der Waals surface area contributed by atoms with E-state index in [1.54, 1.807) is 6.20 Å². The van der Waals surface area contributed by atoms with Gasteiger partial charge in [0.1, 0.15) is 36.3 Å². The van der Waals surface area contributed by atoms with Crippen LogP contribution in [0.2, 0.25) is 0 Å². The van der Waals surface area contributed by atoms with Crippen LogP contribution >= 0.6 is 0 Å². The molecule has 2 aromatic carbocycles. The first kappa shape index (κ1) is 48.0. The Hall–Kier alpha value is -6.46. The molecule has 3 fully saturated rings. The lowest BCUT2D eigenvalue weighted by atomic mass is 9.84. The van der Waals surface area contributed by atoms with Gasteiger partial charge in [0.05, 0.1) is 0 Å². The van der Waals surface area contributed by atoms with Gasteiger partial charge in [-0.25, -0.2) is 4.79 Å². The number of carbonyl (C=O) groups excluding carboxylic acids is 8. The monoisotopic (exact) mass is 896 g/mol. The average molecular weight is 897 g/mol. The lowest BCUT2D eigenvalue weighted by molar-refractivity contribution is -0.142. The predicted molar refractivity (Wildman–Crippen MR) is 242 cm³/mol. The van der Waals surface area contributed by atoms with E-state index in [1.807, 2.05) is 54.6 Å². The maximum Gasteiger partial charge on any atom is 0.312 e. The van der Waals surface area contributed by atoms with Gasteiger partial charge in [0.15, 0.2) is 0 Å². The molecule has 10 N–H and O–H groups in total. The second-order valence-corrected chi connectivity index (χ2v) is 17.5. The molecule has 18 heteroatoms. The van der Waals surface area contributed by atoms with Crippen LogP contribution in [-0.2, 0) is 46.4 Å². The number of aromatic nitrogens is 1. The number of hydrogen-bond donors (Lipinski definition) is 9. The molecule has 0 radical (unpaired) electrons. The Bertz CT molecular complexity index is 2160. The third-order valence-electron chi connectivity index (χ3n) is 12.7. The fourth-order valence-corrected chi connectivity index (χ4v) is 9.29. The van der Waals surface area contributed by atoms with E-state index in [2.05, 4.69) is 42.2 Å². The third-order valence-corrected chi connectivity index (χ3v) is 12.7. The third kappa shape index (κ3) is 13.8. The average Bonchev–Trinajstić information content (AvgIpc) is 3.95. The van der Waals surface area contributed by atoms with E-state index in [0.717, 1.165) is 54.1 Å². The molecule has 3 heterocycles. The second-order valence-electron chi connectivity index (χ2n) is 17.5. The van der Waals surface area contributed by atoms with Crippen molar-refractivity contribution in [2.24, 2.45) is 11.7 Å². The van der Waals surface area contributed by atoms with Crippen molar-refractivity contribution in [3.05, 3.63) is 71.9 Å². The fourth-order valence-electron chi connectivity index (χ4n) is 9.29. The number of amides is 9. The lowest BCUT2D eigenvalue weighted by Gasteiger charge is -2.32. The molecule has 0 bridgehead atoms. The van der Waals surface area contributed by atoms with Crippen molar-refractivity contribution in [2.45, 2.75) is 133 Å². The maximum absolute atomic E-state index is 14.6. The highest BCUT2D eigenvalue weighted by Gasteiger charge is 2.40. The topological polar surface area (TPSA) is 266 Å². The van der Waals surface area contributed by atoms with Gasteiger partial charge in [-0.1, -0.05) is 80.6 Å². The minimum Gasteiger partial charge on any atom is -0.361 e. The Balaban J connectivity index is 1.31. The number of nitrogens with two attached hydrogens (primary N) is 1. The number of fused-ring (bicyclic) bond motifs is 2. The summed E-state index contributed by atoms with van der Waals surface area (Å²) in [6.07, 6.45) is 8.61. The number of aromatic amines is 1. The van der Waals surface area contributed by atoms with E-state index in [9.17, 15) is 38.4 Å². The minimum atomic E-state index is -1.16. The molecule has 1 saturated carbocycles. The number of benzene rings is 2. The standard InChI is InChI=1S/C47H64N10O8/c1-29(58)52-37(25-30-13-4-2-5-14-30)42(60)54-36-20-11-22-49-41(59)35(19-10-23-50-47(48)65)53-44(62)39(27-32-28-51-34-18-9-8-17-33(32)34)55-43(61)38(26-31-15-6-3-7-16-31)56-45(63)40-21-12-24-57(40)46(36)64/h2,4-5,8-9,13-14,17-18,28,31,35-40,51H,3,6-7,10-12,15-16,19-27H2,1H3,(H,49,59)(H,52,58)(H,53,62)(H,54,60)(H,55,61)(H,56,63)(H3,48,50,65)/t35-,36-,37-,38-,39-,40-/m0/s1. The number of H-pyrrole nitrogens is 1. The number of primary amides is 1. The van der Waals surface area contributed by atoms with Crippen LogP contribution in [0.25, 0.3) is 10.9 Å². The smallest absolute Gasteiger partial charge is 0.312 e. The van der Waals surface area contributed by atoms with Crippen LogP contribution in [-0.4, -0.2) is 113 Å². The van der Waals surface area contributed by atoms with Crippen LogP contribution in [0.15, 0.2) is 60.8 Å². The highest BCUT2D eigenvalue weighted by atomic mass is 16.2. The van der Waals surface area contributed by atoms with Gasteiger partial charge >= 0.3 is 6.03 Å². The van der Waals surface area contributed by atoms with Crippen LogP contribution < -0.4 is 43.0 Å². The van der Waals surface area contributed by atoms with Gasteiger partial charge in [0.2, 0.25) is 41.4 Å². The number of nitrogens with zero attached hydrogens (tertiary/aromatic N) is 1. The Morgan fingerprint density at radius 1 is 0.785 bits per heavy atom. The van der Waals surface area contributed by atoms with Gasteiger partial charge < -0.3 is 52.8 Å². The summed E-state index contributed by atoms with van der Waals surface area (Å²) < 4.78 is 0. The van der Waals surface area contributed by atoms with E-state index >= 15 is 0 Å². The highest BCUT2D eigenvalue weighted by Crippen LogP contribution is 2.28. The molecule has 1 aromatic heterocycles. The van der Waals surface area contributed by atoms with Gasteiger partial charge in [-0.15, -0.1) is 0 Å². The molecule has 2 saturated heterocycles. The maximum atomic E-state index is 14.6. The Morgan fingerprint density at radius 3 is 2.25 bits per heavy atom. The molecule has 6 atom stereocenters. The van der Waals surface area contributed by atoms with E-state index in [1.165, 1.54) is 11.8 Å². The second kappa shape index (κ2) is 23.5. The molecule has 65 heavy (non-hydrogen) atoms. The van der Waals surface area contributed by atoms with Crippen LogP contribution in [0.1, 0.15) is 95.1 Å². The molecule has 3 aliphatic rings. The molecule has 0 unspecified atom stereocenters. The number of carbonyl (C=O) groups is 8. The molecule has 18 nitrogen and oxygen atoms in total. The quantitative estimate of drug-likeness (QED) is 0.114. The normalized spacial score (nSPS) is 23.4. The summed E-state index contributed by atoms with van der Waals surface area (Å²) in [6, 6.07) is 9.56. The van der Waals surface area contributed by atoms with Crippen LogP contribution in [0.5, 0.6) is 0 Å². The van der Waals surface area contributed by atoms with Crippen molar-refractivity contribution in [2.75, 3.05) is 19.6 Å². The van der Waals surface area contributed by atoms with Crippen molar-refractivity contribution in [3.63, 3.8) is 0 Å². The SMILES string of the molecule is CC(=O)N[C@@H](Cc1ccccc1)C(=O)N[C@H]1CCCNC(=O)[C@H](CCCNC(N)=O)NC(=O)[C@H](Cc2c[nH]c3ccccc23)NC(=O)[C@H](CC2CCCCC2)NC(=O)[C@@H]2CCCN2C1=O. The zero-order valence-corrected chi connectivity index (χ0v) is 37.1. The summed E-state index contributed by atoms with van der Waals surface area (Å²) in [6.45, 7) is 1.72. The van der Waals surface area contributed by atoms with E-state index in [0.29, 0.717) is 19.3 Å². The van der Waals surface area contributed by atoms with Gasteiger partial charge in [-0.05, 0) is 68.1 Å². The number of para-hydroxylation sites is 1. The summed E-state index contributed by atoms with van der Waals surface area (Å²) in [7, 11) is 0. The predicted octanol–water partition coefficient (Wildman–Crippen LogP) is 1.72. The molecular weight excluding hydrogens is 833 g/mol. The van der Waals surface area contributed by atoms with E-state index in [-0.39, 0.29) is 64.1 Å². The zero-order valence-electron chi connectivity index (χ0n) is 37.1. The first-order valence-corrected chi connectivity index (χ1v) is 23.0.